The van der Waals surface area contributed by atoms with Crippen LogP contribution in [0.1, 0.15) is 30.5 Å². The molecule has 0 aliphatic rings. The number of aryl methyl sites for hydroxylation is 1. The molecule has 0 heterocycles. The van der Waals surface area contributed by atoms with E-state index in [4.69, 9.17) is 18.0 Å². The Morgan fingerprint density at radius 3 is 2.80 bits per heavy atom. The first kappa shape index (κ1) is 12.1. The molecule has 1 aromatic rings. The first-order chi connectivity index (χ1) is 7.19. The molecule has 1 atom stereocenters. The Morgan fingerprint density at radius 1 is 1.53 bits per heavy atom. The highest BCUT2D eigenvalue weighted by Crippen LogP contribution is 2.23. The number of rotatable bonds is 4. The minimum atomic E-state index is -0.0851. The molecule has 0 aliphatic heterocycles. The molecule has 0 radical (unpaired) electrons. The third-order valence-electron chi connectivity index (χ3n) is 2.23. The Bertz CT molecular complexity index is 365. The van der Waals surface area contributed by atoms with Crippen LogP contribution < -0.4 is 5.32 Å². The van der Waals surface area contributed by atoms with Crippen LogP contribution in [-0.4, -0.2) is 6.54 Å². The second-order valence-corrected chi connectivity index (χ2v) is 3.99. The molecular weight excluding hydrogens is 206 g/mol. The number of halogens is 1. The van der Waals surface area contributed by atoms with Gasteiger partial charge in [0.15, 0.2) is 0 Å². The normalized spacial score (nSPS) is 12.1. The van der Waals surface area contributed by atoms with Crippen LogP contribution in [0.15, 0.2) is 18.2 Å². The summed E-state index contributed by atoms with van der Waals surface area (Å²) in [7, 11) is 0. The van der Waals surface area contributed by atoms with Crippen molar-refractivity contribution in [3.63, 3.8) is 0 Å². The van der Waals surface area contributed by atoms with Crippen LogP contribution >= 0.6 is 11.6 Å². The number of nitrogens with one attached hydrogen (secondary N) is 1. The van der Waals surface area contributed by atoms with E-state index in [2.05, 4.69) is 18.2 Å². The molecule has 0 aliphatic carbocycles. The molecule has 0 bridgehead atoms. The van der Waals surface area contributed by atoms with E-state index in [0.29, 0.717) is 0 Å². The molecule has 1 unspecified atom stereocenters. The van der Waals surface area contributed by atoms with Crippen molar-refractivity contribution in [2.75, 3.05) is 6.54 Å². The van der Waals surface area contributed by atoms with Crippen molar-refractivity contribution in [1.82, 2.24) is 5.32 Å². The van der Waals surface area contributed by atoms with Gasteiger partial charge >= 0.3 is 0 Å². The van der Waals surface area contributed by atoms with Crippen molar-refractivity contribution in [3.05, 3.63) is 34.3 Å². The Balaban J connectivity index is 2.88. The summed E-state index contributed by atoms with van der Waals surface area (Å²) < 4.78 is 0. The molecule has 0 saturated carbocycles. The average molecular weight is 222 g/mol. The van der Waals surface area contributed by atoms with Gasteiger partial charge in [-0.25, -0.2) is 0 Å². The van der Waals surface area contributed by atoms with Gasteiger partial charge in [0.05, 0.1) is 6.04 Å². The number of terminal acetylenes is 1. The highest BCUT2D eigenvalue weighted by Gasteiger charge is 2.10. The van der Waals surface area contributed by atoms with E-state index in [1.165, 1.54) is 0 Å². The fraction of sp³-hybridized carbons (Fsp3) is 0.385. The molecule has 1 nitrogen and oxygen atoms in total. The summed E-state index contributed by atoms with van der Waals surface area (Å²) in [5.41, 5.74) is 2.13. The SMILES string of the molecule is C#CC(NCCC)c1ccc(C)cc1Cl. The van der Waals surface area contributed by atoms with Gasteiger partial charge in [0.25, 0.3) is 0 Å². The fourth-order valence-electron chi connectivity index (χ4n) is 1.41. The second kappa shape index (κ2) is 5.80. The van der Waals surface area contributed by atoms with E-state index >= 15 is 0 Å². The molecule has 2 heteroatoms. The summed E-state index contributed by atoms with van der Waals surface area (Å²) in [6, 6.07) is 5.87. The molecule has 1 N–H and O–H groups in total. The fourth-order valence-corrected chi connectivity index (χ4v) is 1.76. The maximum atomic E-state index is 6.15. The molecule has 1 rings (SSSR count). The van der Waals surface area contributed by atoms with Crippen LogP contribution in [0.3, 0.4) is 0 Å². The van der Waals surface area contributed by atoms with Gasteiger partial charge in [-0.1, -0.05) is 36.6 Å². The van der Waals surface area contributed by atoms with Crippen LogP contribution in [0.25, 0.3) is 0 Å². The summed E-state index contributed by atoms with van der Waals surface area (Å²) in [6.07, 6.45) is 6.54. The van der Waals surface area contributed by atoms with E-state index < -0.39 is 0 Å². The zero-order valence-electron chi connectivity index (χ0n) is 9.18. The number of hydrogen-bond acceptors (Lipinski definition) is 1. The maximum absolute atomic E-state index is 6.15. The van der Waals surface area contributed by atoms with Crippen LogP contribution in [0, 0.1) is 19.3 Å². The molecule has 15 heavy (non-hydrogen) atoms. The van der Waals surface area contributed by atoms with Crippen molar-refractivity contribution >= 4 is 11.6 Å². The summed E-state index contributed by atoms with van der Waals surface area (Å²) in [4.78, 5) is 0. The standard InChI is InChI=1S/C13H16ClN/c1-4-8-15-13(5-2)11-7-6-10(3)9-12(11)14/h2,6-7,9,13,15H,4,8H2,1,3H3. The van der Waals surface area contributed by atoms with Crippen molar-refractivity contribution in [3.8, 4) is 12.3 Å². The predicted molar refractivity (Wildman–Crippen MR) is 66.1 cm³/mol. The highest BCUT2D eigenvalue weighted by atomic mass is 35.5. The van der Waals surface area contributed by atoms with Gasteiger partial charge in [0, 0.05) is 5.02 Å². The van der Waals surface area contributed by atoms with E-state index in [9.17, 15) is 0 Å². The Hall–Kier alpha value is -0.970. The lowest BCUT2D eigenvalue weighted by atomic mass is 10.1. The number of hydrogen-bond donors (Lipinski definition) is 1. The maximum Gasteiger partial charge on any atom is 0.0957 e. The van der Waals surface area contributed by atoms with Crippen LogP contribution in [-0.2, 0) is 0 Å². The Morgan fingerprint density at radius 2 is 2.27 bits per heavy atom. The summed E-state index contributed by atoms with van der Waals surface area (Å²) in [6.45, 7) is 5.02. The zero-order chi connectivity index (χ0) is 11.3. The summed E-state index contributed by atoms with van der Waals surface area (Å²) in [5, 5.41) is 4.01. The molecule has 0 amide bonds. The van der Waals surface area contributed by atoms with E-state index in [0.717, 1.165) is 29.1 Å². The topological polar surface area (TPSA) is 12.0 Å². The quantitative estimate of drug-likeness (QED) is 0.770. The zero-order valence-corrected chi connectivity index (χ0v) is 9.93. The molecule has 1 aromatic carbocycles. The van der Waals surface area contributed by atoms with Gasteiger partial charge in [-0.15, -0.1) is 6.42 Å². The van der Waals surface area contributed by atoms with Gasteiger partial charge in [-0.2, -0.15) is 0 Å². The van der Waals surface area contributed by atoms with Crippen molar-refractivity contribution in [2.24, 2.45) is 0 Å². The molecule has 0 aromatic heterocycles. The molecular formula is C13H16ClN. The highest BCUT2D eigenvalue weighted by molar-refractivity contribution is 6.31. The minimum Gasteiger partial charge on any atom is -0.300 e. The molecule has 0 fully saturated rings. The van der Waals surface area contributed by atoms with Crippen LogP contribution in [0.2, 0.25) is 5.02 Å². The van der Waals surface area contributed by atoms with Crippen molar-refractivity contribution in [1.29, 1.82) is 0 Å². The molecule has 80 valence electrons. The smallest absolute Gasteiger partial charge is 0.0957 e. The lowest BCUT2D eigenvalue weighted by molar-refractivity contribution is 0.626. The van der Waals surface area contributed by atoms with Gasteiger partial charge in [-0.3, -0.25) is 5.32 Å². The third kappa shape index (κ3) is 3.27. The first-order valence-electron chi connectivity index (χ1n) is 5.14. The second-order valence-electron chi connectivity index (χ2n) is 3.58. The van der Waals surface area contributed by atoms with E-state index in [1.807, 2.05) is 25.1 Å². The molecule has 0 saturated heterocycles. The van der Waals surface area contributed by atoms with Crippen molar-refractivity contribution < 1.29 is 0 Å². The van der Waals surface area contributed by atoms with Gasteiger partial charge in [0.1, 0.15) is 0 Å². The van der Waals surface area contributed by atoms with E-state index in [-0.39, 0.29) is 6.04 Å². The summed E-state index contributed by atoms with van der Waals surface area (Å²) >= 11 is 6.15. The van der Waals surface area contributed by atoms with Crippen LogP contribution in [0.4, 0.5) is 0 Å². The first-order valence-corrected chi connectivity index (χ1v) is 5.52. The average Bonchev–Trinajstić information content (AvgIpc) is 2.21. The lowest BCUT2D eigenvalue weighted by Crippen LogP contribution is -2.20. The van der Waals surface area contributed by atoms with Crippen LogP contribution in [0.5, 0.6) is 0 Å². The Labute approximate surface area is 96.8 Å². The largest absolute Gasteiger partial charge is 0.300 e. The van der Waals surface area contributed by atoms with Crippen molar-refractivity contribution in [2.45, 2.75) is 26.3 Å². The summed E-state index contributed by atoms with van der Waals surface area (Å²) in [5.74, 6) is 2.72. The van der Waals surface area contributed by atoms with E-state index in [1.54, 1.807) is 0 Å². The number of benzene rings is 1. The Kier molecular flexibility index (Phi) is 4.68. The minimum absolute atomic E-state index is 0.0851. The van der Waals surface area contributed by atoms with Gasteiger partial charge in [0.2, 0.25) is 0 Å². The van der Waals surface area contributed by atoms with Gasteiger partial charge in [-0.05, 0) is 37.1 Å². The predicted octanol–water partition coefficient (Wildman–Crippen LogP) is 3.32. The third-order valence-corrected chi connectivity index (χ3v) is 2.56. The monoisotopic (exact) mass is 221 g/mol. The lowest BCUT2D eigenvalue weighted by Gasteiger charge is -2.14. The van der Waals surface area contributed by atoms with Gasteiger partial charge < -0.3 is 0 Å². The molecule has 0 spiro atoms.